The van der Waals surface area contributed by atoms with E-state index in [0.29, 0.717) is 12.1 Å². The molecule has 1 N–H and O–H groups in total. The van der Waals surface area contributed by atoms with E-state index in [-0.39, 0.29) is 5.82 Å². The Hall–Kier alpha value is -0.930. The van der Waals surface area contributed by atoms with Crippen LogP contribution in [0.25, 0.3) is 0 Å². The van der Waals surface area contributed by atoms with Crippen molar-refractivity contribution in [2.45, 2.75) is 32.0 Å². The van der Waals surface area contributed by atoms with Gasteiger partial charge < -0.3 is 10.2 Å². The van der Waals surface area contributed by atoms with Crippen molar-refractivity contribution < 1.29 is 4.39 Å². The zero-order chi connectivity index (χ0) is 11.5. The van der Waals surface area contributed by atoms with Gasteiger partial charge in [0.15, 0.2) is 0 Å². The molecular weight excluding hydrogens is 203 g/mol. The number of likely N-dealkylation sites (tertiary alicyclic amines) is 1. The number of benzene rings is 1. The highest BCUT2D eigenvalue weighted by molar-refractivity contribution is 5.15. The average Bonchev–Trinajstić information content (AvgIpc) is 2.58. The van der Waals surface area contributed by atoms with Gasteiger partial charge in [0, 0.05) is 25.2 Å². The lowest BCUT2D eigenvalue weighted by Gasteiger charge is -2.13. The van der Waals surface area contributed by atoms with E-state index in [2.05, 4.69) is 24.2 Å². The highest BCUT2D eigenvalue weighted by Crippen LogP contribution is 2.15. The maximum absolute atomic E-state index is 12.7. The second-order valence-corrected chi connectivity index (χ2v) is 4.73. The third kappa shape index (κ3) is 2.80. The van der Waals surface area contributed by atoms with Gasteiger partial charge in [0.25, 0.3) is 0 Å². The van der Waals surface area contributed by atoms with E-state index >= 15 is 0 Å². The number of hydrogen-bond acceptors (Lipinski definition) is 2. The summed E-state index contributed by atoms with van der Waals surface area (Å²) < 4.78 is 12.7. The van der Waals surface area contributed by atoms with E-state index in [0.717, 1.165) is 18.7 Å². The molecule has 3 heteroatoms. The lowest BCUT2D eigenvalue weighted by molar-refractivity contribution is 0.326. The van der Waals surface area contributed by atoms with Gasteiger partial charge in [0.2, 0.25) is 0 Å². The van der Waals surface area contributed by atoms with Gasteiger partial charge in [-0.15, -0.1) is 0 Å². The quantitative estimate of drug-likeness (QED) is 0.841. The molecule has 0 radical (unpaired) electrons. The van der Waals surface area contributed by atoms with Crippen LogP contribution in [0, 0.1) is 5.82 Å². The highest BCUT2D eigenvalue weighted by Gasteiger charge is 2.25. The predicted molar refractivity (Wildman–Crippen MR) is 63.7 cm³/mol. The number of nitrogens with zero attached hydrogens (tertiary/aromatic N) is 1. The summed E-state index contributed by atoms with van der Waals surface area (Å²) in [6.45, 7) is 4.17. The SMILES string of the molecule is CC1CC(NCc2ccc(F)cc2)CN1C. The molecule has 0 saturated carbocycles. The molecule has 1 saturated heterocycles. The third-order valence-corrected chi connectivity index (χ3v) is 3.39. The van der Waals surface area contributed by atoms with E-state index in [1.54, 1.807) is 0 Å². The Morgan fingerprint density at radius 2 is 2.06 bits per heavy atom. The molecule has 1 heterocycles. The summed E-state index contributed by atoms with van der Waals surface area (Å²) >= 11 is 0. The van der Waals surface area contributed by atoms with E-state index in [9.17, 15) is 4.39 Å². The van der Waals surface area contributed by atoms with Crippen molar-refractivity contribution in [2.24, 2.45) is 0 Å². The molecule has 1 aliphatic heterocycles. The number of hydrogen-bond donors (Lipinski definition) is 1. The largest absolute Gasteiger partial charge is 0.309 e. The van der Waals surface area contributed by atoms with E-state index in [1.807, 2.05) is 12.1 Å². The lowest BCUT2D eigenvalue weighted by atomic mass is 10.1. The van der Waals surface area contributed by atoms with E-state index in [4.69, 9.17) is 0 Å². The van der Waals surface area contributed by atoms with Crippen LogP contribution in [0.15, 0.2) is 24.3 Å². The Bertz CT molecular complexity index is 326. The van der Waals surface area contributed by atoms with Crippen LogP contribution >= 0.6 is 0 Å². The van der Waals surface area contributed by atoms with Crippen molar-refractivity contribution in [1.82, 2.24) is 10.2 Å². The predicted octanol–water partition coefficient (Wildman–Crippen LogP) is 2.01. The minimum Gasteiger partial charge on any atom is -0.309 e. The van der Waals surface area contributed by atoms with Crippen molar-refractivity contribution in [3.8, 4) is 0 Å². The summed E-state index contributed by atoms with van der Waals surface area (Å²) in [7, 11) is 2.16. The molecule has 16 heavy (non-hydrogen) atoms. The van der Waals surface area contributed by atoms with Crippen molar-refractivity contribution in [1.29, 1.82) is 0 Å². The fourth-order valence-electron chi connectivity index (χ4n) is 2.21. The van der Waals surface area contributed by atoms with Gasteiger partial charge in [0.05, 0.1) is 0 Å². The summed E-state index contributed by atoms with van der Waals surface area (Å²) in [5.41, 5.74) is 1.14. The van der Waals surface area contributed by atoms with E-state index < -0.39 is 0 Å². The first-order valence-electron chi connectivity index (χ1n) is 5.83. The van der Waals surface area contributed by atoms with Gasteiger partial charge in [-0.3, -0.25) is 0 Å². The van der Waals surface area contributed by atoms with Crippen LogP contribution in [-0.4, -0.2) is 30.6 Å². The summed E-state index contributed by atoms with van der Waals surface area (Å²) in [5.74, 6) is -0.169. The zero-order valence-electron chi connectivity index (χ0n) is 9.91. The first-order chi connectivity index (χ1) is 7.65. The average molecular weight is 222 g/mol. The van der Waals surface area contributed by atoms with Gasteiger partial charge in [-0.1, -0.05) is 12.1 Å². The maximum atomic E-state index is 12.7. The minimum absolute atomic E-state index is 0.169. The van der Waals surface area contributed by atoms with Gasteiger partial charge in [-0.05, 0) is 38.1 Å². The second-order valence-electron chi connectivity index (χ2n) is 4.73. The molecule has 0 spiro atoms. The van der Waals surface area contributed by atoms with E-state index in [1.165, 1.54) is 18.6 Å². The first-order valence-corrected chi connectivity index (χ1v) is 5.83. The monoisotopic (exact) mass is 222 g/mol. The van der Waals surface area contributed by atoms with Crippen LogP contribution in [0.2, 0.25) is 0 Å². The fraction of sp³-hybridized carbons (Fsp3) is 0.538. The van der Waals surface area contributed by atoms with Crippen molar-refractivity contribution in [3.63, 3.8) is 0 Å². The molecule has 1 aromatic rings. The van der Waals surface area contributed by atoms with Crippen molar-refractivity contribution in [2.75, 3.05) is 13.6 Å². The third-order valence-electron chi connectivity index (χ3n) is 3.39. The summed E-state index contributed by atoms with van der Waals surface area (Å²) in [4.78, 5) is 2.36. The fourth-order valence-corrected chi connectivity index (χ4v) is 2.21. The highest BCUT2D eigenvalue weighted by atomic mass is 19.1. The molecule has 2 atom stereocenters. The molecule has 0 aromatic heterocycles. The van der Waals surface area contributed by atoms with Crippen molar-refractivity contribution >= 4 is 0 Å². The molecular formula is C13H19FN2. The molecule has 0 aliphatic carbocycles. The van der Waals surface area contributed by atoms with Crippen LogP contribution in [-0.2, 0) is 6.54 Å². The van der Waals surface area contributed by atoms with Gasteiger partial charge >= 0.3 is 0 Å². The summed E-state index contributed by atoms with van der Waals surface area (Å²) in [5, 5.41) is 3.51. The molecule has 2 unspecified atom stereocenters. The smallest absolute Gasteiger partial charge is 0.123 e. The standard InChI is InChI=1S/C13H19FN2/c1-10-7-13(9-16(10)2)15-8-11-3-5-12(14)6-4-11/h3-6,10,13,15H,7-9H2,1-2H3. The topological polar surface area (TPSA) is 15.3 Å². The van der Waals surface area contributed by atoms with Crippen LogP contribution in [0.1, 0.15) is 18.9 Å². The number of rotatable bonds is 3. The van der Waals surface area contributed by atoms with Crippen LogP contribution < -0.4 is 5.32 Å². The number of nitrogens with one attached hydrogen (secondary N) is 1. The summed E-state index contributed by atoms with van der Waals surface area (Å²) in [6, 6.07) is 7.92. The number of likely N-dealkylation sites (N-methyl/N-ethyl adjacent to an activating group) is 1. The Kier molecular flexibility index (Phi) is 3.56. The molecule has 1 fully saturated rings. The second kappa shape index (κ2) is 4.93. The lowest BCUT2D eigenvalue weighted by Crippen LogP contribution is -2.31. The Morgan fingerprint density at radius 1 is 1.38 bits per heavy atom. The Morgan fingerprint density at radius 3 is 2.62 bits per heavy atom. The summed E-state index contributed by atoms with van der Waals surface area (Å²) in [6.07, 6.45) is 1.19. The van der Waals surface area contributed by atoms with Crippen molar-refractivity contribution in [3.05, 3.63) is 35.6 Å². The minimum atomic E-state index is -0.169. The molecule has 0 amide bonds. The van der Waals surface area contributed by atoms with Crippen LogP contribution in [0.5, 0.6) is 0 Å². The molecule has 1 aliphatic rings. The molecule has 0 bridgehead atoms. The van der Waals surface area contributed by atoms with Gasteiger partial charge in [-0.2, -0.15) is 0 Å². The molecule has 2 rings (SSSR count). The Balaban J connectivity index is 1.82. The normalized spacial score (nSPS) is 26.2. The first kappa shape index (κ1) is 11.6. The number of halogens is 1. The van der Waals surface area contributed by atoms with Crippen LogP contribution in [0.3, 0.4) is 0 Å². The molecule has 2 nitrogen and oxygen atoms in total. The van der Waals surface area contributed by atoms with Gasteiger partial charge in [-0.25, -0.2) is 4.39 Å². The maximum Gasteiger partial charge on any atom is 0.123 e. The van der Waals surface area contributed by atoms with Crippen LogP contribution in [0.4, 0.5) is 4.39 Å². The molecule has 88 valence electrons. The molecule has 1 aromatic carbocycles. The Labute approximate surface area is 96.5 Å². The van der Waals surface area contributed by atoms with Gasteiger partial charge in [0.1, 0.15) is 5.82 Å². The zero-order valence-corrected chi connectivity index (χ0v) is 9.91.